The van der Waals surface area contributed by atoms with Crippen LogP contribution in [0.2, 0.25) is 0 Å². The minimum Gasteiger partial charge on any atom is -0.469 e. The molecule has 2 rings (SSSR count). The molecular weight excluding hydrogens is 218 g/mol. The normalized spacial score (nSPS) is 16.7. The lowest BCUT2D eigenvalue weighted by Gasteiger charge is -2.27. The lowest BCUT2D eigenvalue weighted by molar-refractivity contribution is -0.0817. The SMILES string of the molecule is Cc1c(N)nc(C(C)(C)C)nc1OC1COC1. The van der Waals surface area contributed by atoms with E-state index in [1.54, 1.807) is 0 Å². The van der Waals surface area contributed by atoms with Gasteiger partial charge in [0.05, 0.1) is 18.8 Å². The van der Waals surface area contributed by atoms with Crippen molar-refractivity contribution in [2.45, 2.75) is 39.2 Å². The molecule has 2 heterocycles. The maximum atomic E-state index is 5.89. The molecule has 0 atom stereocenters. The predicted molar refractivity (Wildman–Crippen MR) is 65.1 cm³/mol. The van der Waals surface area contributed by atoms with Crippen molar-refractivity contribution < 1.29 is 9.47 Å². The van der Waals surface area contributed by atoms with Crippen LogP contribution in [0.25, 0.3) is 0 Å². The zero-order valence-corrected chi connectivity index (χ0v) is 10.8. The molecule has 0 radical (unpaired) electrons. The van der Waals surface area contributed by atoms with Crippen LogP contribution >= 0.6 is 0 Å². The smallest absolute Gasteiger partial charge is 0.222 e. The lowest BCUT2D eigenvalue weighted by Crippen LogP contribution is -2.39. The van der Waals surface area contributed by atoms with E-state index in [1.807, 2.05) is 27.7 Å². The quantitative estimate of drug-likeness (QED) is 0.842. The second kappa shape index (κ2) is 4.14. The van der Waals surface area contributed by atoms with Gasteiger partial charge in [0.25, 0.3) is 0 Å². The highest BCUT2D eigenvalue weighted by molar-refractivity contribution is 5.45. The summed E-state index contributed by atoms with van der Waals surface area (Å²) in [6, 6.07) is 0. The highest BCUT2D eigenvalue weighted by Crippen LogP contribution is 2.27. The Morgan fingerprint density at radius 3 is 2.41 bits per heavy atom. The largest absolute Gasteiger partial charge is 0.469 e. The molecule has 0 spiro atoms. The summed E-state index contributed by atoms with van der Waals surface area (Å²) >= 11 is 0. The van der Waals surface area contributed by atoms with Crippen molar-refractivity contribution >= 4 is 5.82 Å². The Morgan fingerprint density at radius 2 is 1.94 bits per heavy atom. The van der Waals surface area contributed by atoms with Gasteiger partial charge in [0.1, 0.15) is 17.7 Å². The van der Waals surface area contributed by atoms with Gasteiger partial charge in [0.2, 0.25) is 5.88 Å². The van der Waals surface area contributed by atoms with Crippen LogP contribution in [0.5, 0.6) is 5.88 Å². The van der Waals surface area contributed by atoms with E-state index in [1.165, 1.54) is 0 Å². The first-order valence-electron chi connectivity index (χ1n) is 5.77. The third-order valence-electron chi connectivity index (χ3n) is 2.70. The number of nitrogens with two attached hydrogens (primary N) is 1. The molecule has 0 bridgehead atoms. The number of aromatic nitrogens is 2. The third kappa shape index (κ3) is 2.49. The van der Waals surface area contributed by atoms with Crippen LogP contribution in [0.15, 0.2) is 0 Å². The van der Waals surface area contributed by atoms with Gasteiger partial charge in [-0.2, -0.15) is 4.98 Å². The van der Waals surface area contributed by atoms with E-state index in [9.17, 15) is 0 Å². The van der Waals surface area contributed by atoms with Gasteiger partial charge >= 0.3 is 0 Å². The van der Waals surface area contributed by atoms with Gasteiger partial charge in [-0.1, -0.05) is 20.8 Å². The fourth-order valence-electron chi connectivity index (χ4n) is 1.40. The van der Waals surface area contributed by atoms with Gasteiger partial charge in [-0.05, 0) is 6.92 Å². The molecular formula is C12H19N3O2. The highest BCUT2D eigenvalue weighted by Gasteiger charge is 2.25. The molecule has 1 aromatic heterocycles. The van der Waals surface area contributed by atoms with Crippen LogP contribution in [0.3, 0.4) is 0 Å². The molecule has 5 heteroatoms. The topological polar surface area (TPSA) is 70.3 Å². The minimum atomic E-state index is -0.143. The van der Waals surface area contributed by atoms with Crippen LogP contribution in [-0.2, 0) is 10.2 Å². The molecule has 1 aliphatic rings. The molecule has 0 aromatic carbocycles. The minimum absolute atomic E-state index is 0.0934. The van der Waals surface area contributed by atoms with Gasteiger partial charge in [-0.3, -0.25) is 0 Å². The molecule has 5 nitrogen and oxygen atoms in total. The Labute approximate surface area is 101 Å². The second-order valence-corrected chi connectivity index (χ2v) is 5.39. The number of nitrogens with zero attached hydrogens (tertiary/aromatic N) is 2. The van der Waals surface area contributed by atoms with E-state index in [-0.39, 0.29) is 11.5 Å². The summed E-state index contributed by atoms with van der Waals surface area (Å²) in [5, 5.41) is 0. The van der Waals surface area contributed by atoms with Crippen molar-refractivity contribution in [3.63, 3.8) is 0 Å². The van der Waals surface area contributed by atoms with E-state index in [0.717, 1.165) is 5.56 Å². The summed E-state index contributed by atoms with van der Waals surface area (Å²) in [6.45, 7) is 9.26. The van der Waals surface area contributed by atoms with Crippen LogP contribution < -0.4 is 10.5 Å². The van der Waals surface area contributed by atoms with Crippen LogP contribution in [0, 0.1) is 6.92 Å². The van der Waals surface area contributed by atoms with Gasteiger partial charge in [-0.15, -0.1) is 0 Å². The molecule has 2 N–H and O–H groups in total. The van der Waals surface area contributed by atoms with E-state index in [2.05, 4.69) is 9.97 Å². The van der Waals surface area contributed by atoms with Crippen molar-refractivity contribution in [1.82, 2.24) is 9.97 Å². The fourth-order valence-corrected chi connectivity index (χ4v) is 1.40. The first-order valence-corrected chi connectivity index (χ1v) is 5.77. The van der Waals surface area contributed by atoms with Crippen LogP contribution in [0.1, 0.15) is 32.2 Å². The molecule has 1 aliphatic heterocycles. The van der Waals surface area contributed by atoms with Gasteiger partial charge in [0.15, 0.2) is 0 Å². The van der Waals surface area contributed by atoms with Gasteiger partial charge < -0.3 is 15.2 Å². The molecule has 1 fully saturated rings. The number of rotatable bonds is 2. The average Bonchev–Trinajstić information content (AvgIpc) is 2.15. The summed E-state index contributed by atoms with van der Waals surface area (Å²) < 4.78 is 10.8. The summed E-state index contributed by atoms with van der Waals surface area (Å²) in [7, 11) is 0. The van der Waals surface area contributed by atoms with Gasteiger partial charge in [0, 0.05) is 5.41 Å². The first kappa shape index (κ1) is 12.1. The Hall–Kier alpha value is -1.36. The Morgan fingerprint density at radius 1 is 1.29 bits per heavy atom. The van der Waals surface area contributed by atoms with Crippen molar-refractivity contribution in [3.8, 4) is 5.88 Å². The van der Waals surface area contributed by atoms with Gasteiger partial charge in [-0.25, -0.2) is 4.98 Å². The number of anilines is 1. The molecule has 0 aliphatic carbocycles. The average molecular weight is 237 g/mol. The molecule has 0 saturated carbocycles. The second-order valence-electron chi connectivity index (χ2n) is 5.39. The zero-order chi connectivity index (χ0) is 12.6. The Balaban J connectivity index is 2.32. The molecule has 1 aromatic rings. The number of hydrogen-bond donors (Lipinski definition) is 1. The van der Waals surface area contributed by atoms with E-state index >= 15 is 0 Å². The monoisotopic (exact) mass is 237 g/mol. The first-order chi connectivity index (χ1) is 7.88. The lowest BCUT2D eigenvalue weighted by atomic mass is 9.95. The summed E-state index contributed by atoms with van der Waals surface area (Å²) in [6.07, 6.45) is 0.0934. The highest BCUT2D eigenvalue weighted by atomic mass is 16.6. The Kier molecular flexibility index (Phi) is 2.95. The molecule has 1 saturated heterocycles. The van der Waals surface area contributed by atoms with Crippen LogP contribution in [0.4, 0.5) is 5.82 Å². The van der Waals surface area contributed by atoms with E-state index in [4.69, 9.17) is 15.2 Å². The van der Waals surface area contributed by atoms with E-state index < -0.39 is 0 Å². The van der Waals surface area contributed by atoms with Crippen molar-refractivity contribution in [1.29, 1.82) is 0 Å². The summed E-state index contributed by atoms with van der Waals surface area (Å²) in [5.41, 5.74) is 6.54. The maximum absolute atomic E-state index is 5.89. The van der Waals surface area contributed by atoms with Crippen molar-refractivity contribution in [2.24, 2.45) is 0 Å². The Bertz CT molecular complexity index is 422. The number of nitrogen functional groups attached to an aromatic ring is 1. The van der Waals surface area contributed by atoms with Crippen LogP contribution in [-0.4, -0.2) is 29.3 Å². The predicted octanol–water partition coefficient (Wildman–Crippen LogP) is 1.44. The molecule has 0 unspecified atom stereocenters. The van der Waals surface area contributed by atoms with E-state index in [0.29, 0.717) is 30.7 Å². The number of hydrogen-bond acceptors (Lipinski definition) is 5. The third-order valence-corrected chi connectivity index (χ3v) is 2.70. The molecule has 94 valence electrons. The fraction of sp³-hybridized carbons (Fsp3) is 0.667. The molecule has 0 amide bonds. The molecule has 17 heavy (non-hydrogen) atoms. The standard InChI is InChI=1S/C12H19N3O2/c1-7-9(13)14-11(12(2,3)4)15-10(7)17-8-5-16-6-8/h8H,5-6H2,1-4H3,(H2,13,14,15). The maximum Gasteiger partial charge on any atom is 0.222 e. The zero-order valence-electron chi connectivity index (χ0n) is 10.8. The summed E-state index contributed by atoms with van der Waals surface area (Å²) in [4.78, 5) is 8.77. The van der Waals surface area contributed by atoms with Crippen molar-refractivity contribution in [2.75, 3.05) is 18.9 Å². The summed E-state index contributed by atoms with van der Waals surface area (Å²) in [5.74, 6) is 1.77. The number of ether oxygens (including phenoxy) is 2. The van der Waals surface area contributed by atoms with Crippen molar-refractivity contribution in [3.05, 3.63) is 11.4 Å².